The van der Waals surface area contributed by atoms with Crippen molar-refractivity contribution < 1.29 is 18.7 Å². The van der Waals surface area contributed by atoms with Crippen LogP contribution in [0.3, 0.4) is 0 Å². The molecule has 9 heteroatoms. The van der Waals surface area contributed by atoms with Gasteiger partial charge in [-0.25, -0.2) is 19.2 Å². The predicted octanol–water partition coefficient (Wildman–Crippen LogP) is 3.09. The van der Waals surface area contributed by atoms with Crippen LogP contribution < -0.4 is 10.2 Å². The number of nitrogens with one attached hydrogen (secondary N) is 1. The summed E-state index contributed by atoms with van der Waals surface area (Å²) in [6, 6.07) is 4.73. The molecule has 0 bridgehead atoms. The van der Waals surface area contributed by atoms with Crippen molar-refractivity contribution in [1.82, 2.24) is 20.2 Å². The van der Waals surface area contributed by atoms with Crippen molar-refractivity contribution in [2.75, 3.05) is 31.1 Å². The minimum absolute atomic E-state index is 0.214. The number of piperazine rings is 1. The van der Waals surface area contributed by atoms with Gasteiger partial charge < -0.3 is 19.9 Å². The topological polar surface area (TPSA) is 87.7 Å². The van der Waals surface area contributed by atoms with E-state index in [0.717, 1.165) is 5.56 Å². The molecule has 1 aliphatic heterocycles. The molecule has 1 fully saturated rings. The molecule has 1 saturated heterocycles. The summed E-state index contributed by atoms with van der Waals surface area (Å²) >= 11 is 0. The summed E-state index contributed by atoms with van der Waals surface area (Å²) in [6.45, 7) is 7.79. The number of hydrogen-bond donors (Lipinski definition) is 1. The van der Waals surface area contributed by atoms with E-state index >= 15 is 0 Å². The summed E-state index contributed by atoms with van der Waals surface area (Å²) in [6.07, 6.45) is 3.97. The van der Waals surface area contributed by atoms with Gasteiger partial charge >= 0.3 is 6.09 Å². The SMILES string of the molecule is CC(C)(C)OC(=O)N1CCN(c2cnc(C(=O)NC3CCc4c(F)cccc43)cn2)CC1. The third kappa shape index (κ3) is 4.81. The van der Waals surface area contributed by atoms with Crippen LogP contribution in [-0.2, 0) is 11.2 Å². The minimum Gasteiger partial charge on any atom is -0.444 e. The van der Waals surface area contributed by atoms with Gasteiger partial charge in [0.25, 0.3) is 5.91 Å². The summed E-state index contributed by atoms with van der Waals surface area (Å²) in [5, 5.41) is 2.93. The lowest BCUT2D eigenvalue weighted by Gasteiger charge is -2.36. The zero-order chi connectivity index (χ0) is 22.9. The van der Waals surface area contributed by atoms with Gasteiger partial charge in [-0.1, -0.05) is 12.1 Å². The van der Waals surface area contributed by atoms with Crippen LogP contribution in [0.5, 0.6) is 0 Å². The monoisotopic (exact) mass is 441 g/mol. The molecule has 1 aromatic carbocycles. The Kier molecular flexibility index (Phi) is 5.99. The number of ether oxygens (including phenoxy) is 1. The first-order valence-electron chi connectivity index (χ1n) is 10.8. The van der Waals surface area contributed by atoms with E-state index in [2.05, 4.69) is 15.3 Å². The van der Waals surface area contributed by atoms with Crippen LogP contribution in [0.25, 0.3) is 0 Å². The summed E-state index contributed by atoms with van der Waals surface area (Å²) in [7, 11) is 0. The van der Waals surface area contributed by atoms with Gasteiger partial charge in [0.15, 0.2) is 0 Å². The lowest BCUT2D eigenvalue weighted by molar-refractivity contribution is 0.0240. The Balaban J connectivity index is 1.33. The Morgan fingerprint density at radius 2 is 1.88 bits per heavy atom. The maximum absolute atomic E-state index is 13.9. The molecule has 2 aromatic rings. The summed E-state index contributed by atoms with van der Waals surface area (Å²) in [5.74, 6) is 0.0923. The zero-order valence-corrected chi connectivity index (χ0v) is 18.6. The van der Waals surface area contributed by atoms with E-state index in [1.807, 2.05) is 31.7 Å². The maximum Gasteiger partial charge on any atom is 0.410 e. The van der Waals surface area contributed by atoms with Gasteiger partial charge in [0.1, 0.15) is 22.9 Å². The van der Waals surface area contributed by atoms with E-state index < -0.39 is 5.60 Å². The van der Waals surface area contributed by atoms with Crippen molar-refractivity contribution in [1.29, 1.82) is 0 Å². The number of nitrogens with zero attached hydrogens (tertiary/aromatic N) is 4. The van der Waals surface area contributed by atoms with Crippen LogP contribution >= 0.6 is 0 Å². The van der Waals surface area contributed by atoms with Crippen LogP contribution in [0.1, 0.15) is 54.8 Å². The highest BCUT2D eigenvalue weighted by atomic mass is 19.1. The molecular weight excluding hydrogens is 413 g/mol. The summed E-state index contributed by atoms with van der Waals surface area (Å²) < 4.78 is 19.3. The second-order valence-electron chi connectivity index (χ2n) is 9.09. The molecular formula is C23H28FN5O3. The number of amides is 2. The molecule has 1 atom stereocenters. The van der Waals surface area contributed by atoms with Crippen molar-refractivity contribution in [2.45, 2.75) is 45.3 Å². The standard InChI is InChI=1S/C23H28FN5O3/c1-23(2,3)32-22(31)29-11-9-28(10-12-29)20-14-25-19(13-26-20)21(30)27-18-8-7-15-16(18)5-4-6-17(15)24/h4-6,13-14,18H,7-12H2,1-3H3,(H,27,30). The van der Waals surface area contributed by atoms with Gasteiger partial charge in [0, 0.05) is 26.2 Å². The van der Waals surface area contributed by atoms with Gasteiger partial charge in [-0.3, -0.25) is 4.79 Å². The fourth-order valence-corrected chi connectivity index (χ4v) is 4.04. The highest BCUT2D eigenvalue weighted by Gasteiger charge is 2.28. The minimum atomic E-state index is -0.523. The van der Waals surface area contributed by atoms with Gasteiger partial charge in [0.2, 0.25) is 0 Å². The number of anilines is 1. The first kappa shape index (κ1) is 22.0. The van der Waals surface area contributed by atoms with Crippen molar-refractivity contribution in [3.05, 3.63) is 53.2 Å². The largest absolute Gasteiger partial charge is 0.444 e. The zero-order valence-electron chi connectivity index (χ0n) is 18.6. The fourth-order valence-electron chi connectivity index (χ4n) is 4.04. The third-order valence-electron chi connectivity index (χ3n) is 5.65. The molecule has 0 saturated carbocycles. The Morgan fingerprint density at radius 3 is 2.53 bits per heavy atom. The van der Waals surface area contributed by atoms with Crippen LogP contribution in [0.2, 0.25) is 0 Å². The number of carbonyl (C=O) groups excluding carboxylic acids is 2. The van der Waals surface area contributed by atoms with Crippen molar-refractivity contribution in [3.8, 4) is 0 Å². The molecule has 8 nitrogen and oxygen atoms in total. The van der Waals surface area contributed by atoms with E-state index in [-0.39, 0.29) is 29.6 Å². The Bertz CT molecular complexity index is 998. The number of fused-ring (bicyclic) bond motifs is 1. The Labute approximate surface area is 186 Å². The second kappa shape index (κ2) is 8.72. The smallest absolute Gasteiger partial charge is 0.410 e. The molecule has 170 valence electrons. The Morgan fingerprint density at radius 1 is 1.12 bits per heavy atom. The van der Waals surface area contributed by atoms with E-state index in [1.54, 1.807) is 17.2 Å². The Hall–Kier alpha value is -3.23. The average molecular weight is 442 g/mol. The van der Waals surface area contributed by atoms with Crippen LogP contribution in [0.15, 0.2) is 30.6 Å². The van der Waals surface area contributed by atoms with E-state index in [9.17, 15) is 14.0 Å². The van der Waals surface area contributed by atoms with Crippen molar-refractivity contribution in [2.24, 2.45) is 0 Å². The van der Waals surface area contributed by atoms with Gasteiger partial charge in [-0.2, -0.15) is 0 Å². The molecule has 1 aliphatic carbocycles. The van der Waals surface area contributed by atoms with E-state index in [1.165, 1.54) is 12.3 Å². The molecule has 1 unspecified atom stereocenters. The fraction of sp³-hybridized carbons (Fsp3) is 0.478. The number of halogens is 1. The summed E-state index contributed by atoms with van der Waals surface area (Å²) in [5.41, 5.74) is 1.19. The highest BCUT2D eigenvalue weighted by molar-refractivity contribution is 5.92. The molecule has 2 amide bonds. The van der Waals surface area contributed by atoms with Crippen molar-refractivity contribution >= 4 is 17.8 Å². The van der Waals surface area contributed by atoms with E-state index in [0.29, 0.717) is 50.4 Å². The van der Waals surface area contributed by atoms with E-state index in [4.69, 9.17) is 4.74 Å². The lowest BCUT2D eigenvalue weighted by atomic mass is 10.1. The highest BCUT2D eigenvalue weighted by Crippen LogP contribution is 2.32. The lowest BCUT2D eigenvalue weighted by Crippen LogP contribution is -2.50. The van der Waals surface area contributed by atoms with Gasteiger partial charge in [0.05, 0.1) is 18.4 Å². The quantitative estimate of drug-likeness (QED) is 0.788. The average Bonchev–Trinajstić information content (AvgIpc) is 3.17. The molecule has 32 heavy (non-hydrogen) atoms. The van der Waals surface area contributed by atoms with Crippen LogP contribution in [0, 0.1) is 5.82 Å². The molecule has 0 radical (unpaired) electrons. The van der Waals surface area contributed by atoms with Gasteiger partial charge in [-0.15, -0.1) is 0 Å². The second-order valence-corrected chi connectivity index (χ2v) is 9.09. The van der Waals surface area contributed by atoms with Crippen LogP contribution in [-0.4, -0.2) is 58.6 Å². The molecule has 4 rings (SSSR count). The first-order chi connectivity index (χ1) is 15.2. The molecule has 1 aromatic heterocycles. The predicted molar refractivity (Wildman–Crippen MR) is 117 cm³/mol. The number of hydrogen-bond acceptors (Lipinski definition) is 6. The number of aromatic nitrogens is 2. The first-order valence-corrected chi connectivity index (χ1v) is 10.8. The van der Waals surface area contributed by atoms with Crippen LogP contribution in [0.4, 0.5) is 15.0 Å². The molecule has 2 heterocycles. The normalized spacial score (nSPS) is 18.3. The maximum atomic E-state index is 13.9. The van der Waals surface area contributed by atoms with Crippen molar-refractivity contribution in [3.63, 3.8) is 0 Å². The molecule has 0 spiro atoms. The molecule has 1 N–H and O–H groups in total. The number of carbonyl (C=O) groups is 2. The number of rotatable bonds is 3. The van der Waals surface area contributed by atoms with Gasteiger partial charge in [-0.05, 0) is 50.8 Å². The third-order valence-corrected chi connectivity index (χ3v) is 5.65. The number of benzene rings is 1. The molecule has 2 aliphatic rings. The summed E-state index contributed by atoms with van der Waals surface area (Å²) in [4.78, 5) is 37.2.